The summed E-state index contributed by atoms with van der Waals surface area (Å²) in [4.78, 5) is 14.4. The normalized spacial score (nSPS) is 17.1. The molecule has 6 nitrogen and oxygen atoms in total. The van der Waals surface area contributed by atoms with Crippen molar-refractivity contribution in [2.24, 2.45) is 0 Å². The smallest absolute Gasteiger partial charge is 0.387 e. The van der Waals surface area contributed by atoms with Crippen LogP contribution in [-0.2, 0) is 6.54 Å². The number of nitrogens with zero attached hydrogens (tertiary/aromatic N) is 4. The molecule has 1 amide bonds. The fourth-order valence-corrected chi connectivity index (χ4v) is 3.07. The number of hydrogen-bond acceptors (Lipinski definition) is 4. The molecule has 134 valence electrons. The van der Waals surface area contributed by atoms with Gasteiger partial charge in [0.15, 0.2) is 5.82 Å². The van der Waals surface area contributed by atoms with Crippen LogP contribution in [0.15, 0.2) is 24.3 Å². The first-order chi connectivity index (χ1) is 11.9. The lowest BCUT2D eigenvalue weighted by atomic mass is 10.1. The van der Waals surface area contributed by atoms with Crippen LogP contribution in [-0.4, -0.2) is 38.7 Å². The predicted octanol–water partition coefficient (Wildman–Crippen LogP) is 3.22. The number of halogens is 2. The van der Waals surface area contributed by atoms with Crippen LogP contribution in [0.1, 0.15) is 54.7 Å². The standard InChI is InChI=1S/C17H20F2N4O2/c1-10(2)15-21-20-14-9-22(8-11(3)23(14)15)16(24)12-4-6-13(7-5-12)25-17(18)19/h4-7,10-11,17H,8-9H2,1-3H3/t11-/m0/s1. The monoisotopic (exact) mass is 350 g/mol. The second-order valence-electron chi connectivity index (χ2n) is 6.44. The van der Waals surface area contributed by atoms with Crippen molar-refractivity contribution >= 4 is 5.91 Å². The summed E-state index contributed by atoms with van der Waals surface area (Å²) >= 11 is 0. The Morgan fingerprint density at radius 1 is 1.24 bits per heavy atom. The molecule has 1 aromatic heterocycles. The van der Waals surface area contributed by atoms with E-state index in [4.69, 9.17) is 0 Å². The van der Waals surface area contributed by atoms with Gasteiger partial charge in [0, 0.05) is 18.0 Å². The number of ether oxygens (including phenoxy) is 1. The highest BCUT2D eigenvalue weighted by molar-refractivity contribution is 5.94. The highest BCUT2D eigenvalue weighted by atomic mass is 19.3. The number of amides is 1. The number of alkyl halides is 2. The summed E-state index contributed by atoms with van der Waals surface area (Å²) in [7, 11) is 0. The van der Waals surface area contributed by atoms with Gasteiger partial charge in [0.1, 0.15) is 11.6 Å². The van der Waals surface area contributed by atoms with E-state index in [0.29, 0.717) is 18.7 Å². The first-order valence-corrected chi connectivity index (χ1v) is 8.14. The maximum absolute atomic E-state index is 12.7. The lowest BCUT2D eigenvalue weighted by Gasteiger charge is -2.33. The summed E-state index contributed by atoms with van der Waals surface area (Å²) in [6, 6.07) is 5.78. The molecular formula is C17H20F2N4O2. The third-order valence-corrected chi connectivity index (χ3v) is 4.18. The molecule has 2 aromatic rings. The minimum absolute atomic E-state index is 0.0277. The Morgan fingerprint density at radius 2 is 1.92 bits per heavy atom. The Hall–Kier alpha value is -2.51. The summed E-state index contributed by atoms with van der Waals surface area (Å²) in [5.74, 6) is 1.79. The molecule has 1 aliphatic heterocycles. The number of fused-ring (bicyclic) bond motifs is 1. The van der Waals surface area contributed by atoms with Crippen LogP contribution >= 0.6 is 0 Å². The van der Waals surface area contributed by atoms with Gasteiger partial charge in [-0.2, -0.15) is 8.78 Å². The van der Waals surface area contributed by atoms with Gasteiger partial charge in [-0.15, -0.1) is 10.2 Å². The highest BCUT2D eigenvalue weighted by Gasteiger charge is 2.30. The zero-order valence-electron chi connectivity index (χ0n) is 14.3. The number of aromatic nitrogens is 3. The second kappa shape index (κ2) is 6.78. The number of hydrogen-bond donors (Lipinski definition) is 0. The predicted molar refractivity (Wildman–Crippen MR) is 86.6 cm³/mol. The van der Waals surface area contributed by atoms with E-state index in [-0.39, 0.29) is 23.6 Å². The zero-order valence-corrected chi connectivity index (χ0v) is 14.3. The molecule has 0 bridgehead atoms. The summed E-state index contributed by atoms with van der Waals surface area (Å²) in [6.07, 6.45) is 0. The molecule has 3 rings (SSSR count). The Kier molecular flexibility index (Phi) is 4.69. The molecule has 1 atom stereocenters. The third kappa shape index (κ3) is 3.47. The lowest BCUT2D eigenvalue weighted by molar-refractivity contribution is -0.0498. The Labute approximate surface area is 144 Å². The van der Waals surface area contributed by atoms with Gasteiger partial charge in [-0.25, -0.2) is 0 Å². The van der Waals surface area contributed by atoms with Gasteiger partial charge in [0.05, 0.1) is 12.6 Å². The molecule has 8 heteroatoms. The average Bonchev–Trinajstić information content (AvgIpc) is 2.99. The SMILES string of the molecule is CC(C)c1nnc2n1[C@@H](C)CN(C(=O)c1ccc(OC(F)F)cc1)C2. The van der Waals surface area contributed by atoms with Crippen LogP contribution in [0, 0.1) is 0 Å². The lowest BCUT2D eigenvalue weighted by Crippen LogP contribution is -2.40. The minimum Gasteiger partial charge on any atom is -0.435 e. The van der Waals surface area contributed by atoms with Gasteiger partial charge < -0.3 is 14.2 Å². The van der Waals surface area contributed by atoms with Gasteiger partial charge >= 0.3 is 6.61 Å². The van der Waals surface area contributed by atoms with Crippen molar-refractivity contribution in [3.05, 3.63) is 41.5 Å². The van der Waals surface area contributed by atoms with Crippen LogP contribution in [0.3, 0.4) is 0 Å². The molecule has 0 spiro atoms. The molecule has 2 heterocycles. The number of carbonyl (C=O) groups excluding carboxylic acids is 1. The van der Waals surface area contributed by atoms with Crippen LogP contribution < -0.4 is 4.74 Å². The molecule has 25 heavy (non-hydrogen) atoms. The largest absolute Gasteiger partial charge is 0.435 e. The molecule has 1 aliphatic rings. The molecule has 1 aromatic carbocycles. The number of carbonyl (C=O) groups is 1. The minimum atomic E-state index is -2.88. The van der Waals surface area contributed by atoms with E-state index in [1.54, 1.807) is 4.90 Å². The fourth-order valence-electron chi connectivity index (χ4n) is 3.07. The quantitative estimate of drug-likeness (QED) is 0.849. The van der Waals surface area contributed by atoms with E-state index in [0.717, 1.165) is 11.6 Å². The van der Waals surface area contributed by atoms with Crippen molar-refractivity contribution in [2.45, 2.75) is 45.9 Å². The second-order valence-corrected chi connectivity index (χ2v) is 6.44. The molecule has 0 saturated carbocycles. The van der Waals surface area contributed by atoms with Crippen LogP contribution in [0.2, 0.25) is 0 Å². The van der Waals surface area contributed by atoms with E-state index in [2.05, 4.69) is 33.3 Å². The Balaban J connectivity index is 1.77. The van der Waals surface area contributed by atoms with E-state index in [9.17, 15) is 13.6 Å². The average molecular weight is 350 g/mol. The van der Waals surface area contributed by atoms with Gasteiger partial charge in [0.25, 0.3) is 5.91 Å². The van der Waals surface area contributed by atoms with Crippen molar-refractivity contribution in [2.75, 3.05) is 6.54 Å². The summed E-state index contributed by atoms with van der Waals surface area (Å²) in [5.41, 5.74) is 0.422. The fraction of sp³-hybridized carbons (Fsp3) is 0.471. The van der Waals surface area contributed by atoms with Crippen molar-refractivity contribution < 1.29 is 18.3 Å². The van der Waals surface area contributed by atoms with Crippen molar-refractivity contribution in [3.63, 3.8) is 0 Å². The molecule has 0 radical (unpaired) electrons. The van der Waals surface area contributed by atoms with Crippen LogP contribution in [0.4, 0.5) is 8.78 Å². The summed E-state index contributed by atoms with van der Waals surface area (Å²) in [6.45, 7) is 4.18. The Bertz CT molecular complexity index is 759. The molecule has 0 fully saturated rings. The maximum atomic E-state index is 12.7. The van der Waals surface area contributed by atoms with Gasteiger partial charge in [-0.1, -0.05) is 13.8 Å². The first kappa shape index (κ1) is 17.3. The molecule has 0 saturated heterocycles. The topological polar surface area (TPSA) is 60.2 Å². The Morgan fingerprint density at radius 3 is 2.52 bits per heavy atom. The van der Waals surface area contributed by atoms with E-state index < -0.39 is 6.61 Å². The number of rotatable bonds is 4. The summed E-state index contributed by atoms with van der Waals surface area (Å²) < 4.78 is 30.8. The van der Waals surface area contributed by atoms with Gasteiger partial charge in [-0.05, 0) is 31.2 Å². The maximum Gasteiger partial charge on any atom is 0.387 e. The van der Waals surface area contributed by atoms with Crippen molar-refractivity contribution in [3.8, 4) is 5.75 Å². The first-order valence-electron chi connectivity index (χ1n) is 8.14. The molecule has 0 unspecified atom stereocenters. The van der Waals surface area contributed by atoms with E-state index in [1.807, 2.05) is 6.92 Å². The zero-order chi connectivity index (χ0) is 18.1. The van der Waals surface area contributed by atoms with Crippen LogP contribution in [0.5, 0.6) is 5.75 Å². The van der Waals surface area contributed by atoms with Crippen molar-refractivity contribution in [1.82, 2.24) is 19.7 Å². The van der Waals surface area contributed by atoms with Gasteiger partial charge in [-0.3, -0.25) is 4.79 Å². The van der Waals surface area contributed by atoms with Crippen LogP contribution in [0.25, 0.3) is 0 Å². The highest BCUT2D eigenvalue weighted by Crippen LogP contribution is 2.26. The third-order valence-electron chi connectivity index (χ3n) is 4.18. The van der Waals surface area contributed by atoms with E-state index >= 15 is 0 Å². The van der Waals surface area contributed by atoms with E-state index in [1.165, 1.54) is 24.3 Å². The van der Waals surface area contributed by atoms with Crippen molar-refractivity contribution in [1.29, 1.82) is 0 Å². The molecule has 0 N–H and O–H groups in total. The number of benzene rings is 1. The molecular weight excluding hydrogens is 330 g/mol. The summed E-state index contributed by atoms with van der Waals surface area (Å²) in [5, 5.41) is 8.46. The van der Waals surface area contributed by atoms with Gasteiger partial charge in [0.2, 0.25) is 0 Å². The molecule has 0 aliphatic carbocycles.